The van der Waals surface area contributed by atoms with Crippen LogP contribution in [0.25, 0.3) is 0 Å². The van der Waals surface area contributed by atoms with Crippen molar-refractivity contribution in [3.05, 3.63) is 62.3 Å². The first-order chi connectivity index (χ1) is 9.95. The lowest BCUT2D eigenvalue weighted by Gasteiger charge is -2.15. The summed E-state index contributed by atoms with van der Waals surface area (Å²) in [4.78, 5) is 11.3. The van der Waals surface area contributed by atoms with Gasteiger partial charge in [0.05, 0.1) is 15.7 Å². The summed E-state index contributed by atoms with van der Waals surface area (Å²) in [5.41, 5.74) is 3.41. The average Bonchev–Trinajstić information content (AvgIpc) is 2.79. The van der Waals surface area contributed by atoms with E-state index in [1.165, 1.54) is 6.07 Å². The maximum absolute atomic E-state index is 13.3. The molecule has 2 aromatic rings. The lowest BCUT2D eigenvalue weighted by Crippen LogP contribution is -2.03. The van der Waals surface area contributed by atoms with Crippen molar-refractivity contribution in [3.8, 4) is 0 Å². The summed E-state index contributed by atoms with van der Waals surface area (Å²) in [7, 11) is 0. The van der Waals surface area contributed by atoms with E-state index in [0.717, 1.165) is 22.4 Å². The topological polar surface area (TPSA) is 29.1 Å². The van der Waals surface area contributed by atoms with E-state index in [0.29, 0.717) is 15.9 Å². The molecule has 1 heterocycles. The standard InChI is InChI=1S/C15H9Br2ClFNO/c16-10-4-7(1-2-12(10)19)15(17)9-3-8-5-14(21)20-13(8)6-11(9)18/h1-4,6,15H,5H2,(H,20,21). The second-order valence-corrected chi connectivity index (χ2v) is 6.97. The number of alkyl halides is 1. The molecule has 0 saturated carbocycles. The molecule has 3 rings (SSSR count). The highest BCUT2D eigenvalue weighted by atomic mass is 79.9. The second kappa shape index (κ2) is 5.71. The molecule has 1 atom stereocenters. The molecule has 1 unspecified atom stereocenters. The summed E-state index contributed by atoms with van der Waals surface area (Å²) in [5.74, 6) is -0.345. The van der Waals surface area contributed by atoms with Crippen LogP contribution in [-0.4, -0.2) is 5.91 Å². The molecule has 0 aromatic heterocycles. The molecule has 0 fully saturated rings. The number of nitrogens with one attached hydrogen (secondary N) is 1. The van der Waals surface area contributed by atoms with Crippen molar-refractivity contribution in [2.45, 2.75) is 11.2 Å². The molecule has 1 N–H and O–H groups in total. The number of amides is 1. The highest BCUT2D eigenvalue weighted by Crippen LogP contribution is 2.40. The Morgan fingerprint density at radius 2 is 2.05 bits per heavy atom. The molecule has 2 nitrogen and oxygen atoms in total. The van der Waals surface area contributed by atoms with E-state index < -0.39 is 0 Å². The van der Waals surface area contributed by atoms with Crippen LogP contribution in [0.2, 0.25) is 5.02 Å². The Balaban J connectivity index is 2.02. The Hall–Kier alpha value is -0.910. The van der Waals surface area contributed by atoms with Crippen molar-refractivity contribution in [3.63, 3.8) is 0 Å². The molecule has 0 radical (unpaired) electrons. The Labute approximate surface area is 142 Å². The first-order valence-corrected chi connectivity index (χ1v) is 8.25. The molecule has 108 valence electrons. The molecule has 0 aliphatic carbocycles. The molecule has 2 aromatic carbocycles. The highest BCUT2D eigenvalue weighted by molar-refractivity contribution is 9.10. The molecule has 1 amide bonds. The van der Waals surface area contributed by atoms with Gasteiger partial charge in [-0.25, -0.2) is 4.39 Å². The van der Waals surface area contributed by atoms with E-state index in [-0.39, 0.29) is 16.6 Å². The van der Waals surface area contributed by atoms with E-state index in [4.69, 9.17) is 11.6 Å². The zero-order valence-corrected chi connectivity index (χ0v) is 14.5. The van der Waals surface area contributed by atoms with Crippen LogP contribution in [0, 0.1) is 5.82 Å². The lowest BCUT2D eigenvalue weighted by atomic mass is 10.0. The second-order valence-electron chi connectivity index (χ2n) is 4.79. The number of rotatable bonds is 2. The van der Waals surface area contributed by atoms with Gasteiger partial charge >= 0.3 is 0 Å². The number of halogens is 4. The summed E-state index contributed by atoms with van der Waals surface area (Å²) in [6.07, 6.45) is 0.354. The molecule has 0 saturated heterocycles. The van der Waals surface area contributed by atoms with Gasteiger partial charge in [-0.2, -0.15) is 0 Å². The van der Waals surface area contributed by atoms with E-state index in [9.17, 15) is 9.18 Å². The smallest absolute Gasteiger partial charge is 0.228 e. The van der Waals surface area contributed by atoms with Gasteiger partial charge in [0.15, 0.2) is 0 Å². The van der Waals surface area contributed by atoms with Crippen LogP contribution in [0.3, 0.4) is 0 Å². The molecular formula is C15H9Br2ClFNO. The molecule has 21 heavy (non-hydrogen) atoms. The van der Waals surface area contributed by atoms with Crippen molar-refractivity contribution in [2.75, 3.05) is 5.32 Å². The molecule has 1 aliphatic rings. The Kier molecular flexibility index (Phi) is 4.08. The number of fused-ring (bicyclic) bond motifs is 1. The van der Waals surface area contributed by atoms with Crippen LogP contribution in [0.1, 0.15) is 21.5 Å². The molecular weight excluding hydrogens is 424 g/mol. The third-order valence-electron chi connectivity index (χ3n) is 3.36. The first-order valence-electron chi connectivity index (χ1n) is 6.17. The summed E-state index contributed by atoms with van der Waals surface area (Å²) < 4.78 is 13.7. The largest absolute Gasteiger partial charge is 0.325 e. The highest BCUT2D eigenvalue weighted by Gasteiger charge is 2.23. The summed E-state index contributed by atoms with van der Waals surface area (Å²) in [6.45, 7) is 0. The summed E-state index contributed by atoms with van der Waals surface area (Å²) >= 11 is 13.1. The molecule has 1 aliphatic heterocycles. The van der Waals surface area contributed by atoms with Crippen molar-refractivity contribution in [2.24, 2.45) is 0 Å². The number of carbonyl (C=O) groups is 1. The Morgan fingerprint density at radius 1 is 1.29 bits per heavy atom. The van der Waals surface area contributed by atoms with Crippen LogP contribution in [0.4, 0.5) is 10.1 Å². The van der Waals surface area contributed by atoms with Gasteiger partial charge in [-0.15, -0.1) is 0 Å². The fourth-order valence-corrected chi connectivity index (χ4v) is 3.78. The van der Waals surface area contributed by atoms with E-state index in [1.807, 2.05) is 6.07 Å². The summed E-state index contributed by atoms with van der Waals surface area (Å²) in [6, 6.07) is 8.48. The Morgan fingerprint density at radius 3 is 2.76 bits per heavy atom. The third kappa shape index (κ3) is 2.87. The monoisotopic (exact) mass is 431 g/mol. The van der Waals surface area contributed by atoms with E-state index in [1.54, 1.807) is 18.2 Å². The SMILES string of the molecule is O=C1Cc2cc(C(Br)c3ccc(F)c(Br)c3)c(Cl)cc2N1. The van der Waals surface area contributed by atoms with Crippen LogP contribution >= 0.6 is 43.5 Å². The van der Waals surface area contributed by atoms with Gasteiger partial charge in [-0.3, -0.25) is 4.79 Å². The van der Waals surface area contributed by atoms with Gasteiger partial charge in [0.25, 0.3) is 0 Å². The fourth-order valence-electron chi connectivity index (χ4n) is 2.31. The number of hydrogen-bond acceptors (Lipinski definition) is 1. The maximum Gasteiger partial charge on any atom is 0.228 e. The van der Waals surface area contributed by atoms with E-state index in [2.05, 4.69) is 37.2 Å². The minimum Gasteiger partial charge on any atom is -0.325 e. The minimum atomic E-state index is -0.312. The van der Waals surface area contributed by atoms with Crippen LogP contribution in [0.15, 0.2) is 34.8 Å². The van der Waals surface area contributed by atoms with Gasteiger partial charge in [0, 0.05) is 10.7 Å². The quantitative estimate of drug-likeness (QED) is 0.647. The number of anilines is 1. The van der Waals surface area contributed by atoms with Gasteiger partial charge in [-0.1, -0.05) is 39.7 Å². The van der Waals surface area contributed by atoms with Crippen LogP contribution < -0.4 is 5.32 Å². The first kappa shape index (κ1) is 15.0. The van der Waals surface area contributed by atoms with Gasteiger partial charge in [-0.05, 0) is 50.8 Å². The van der Waals surface area contributed by atoms with Crippen LogP contribution in [-0.2, 0) is 11.2 Å². The summed E-state index contributed by atoms with van der Waals surface area (Å²) in [5, 5.41) is 3.32. The van der Waals surface area contributed by atoms with Gasteiger partial charge in [0.1, 0.15) is 5.82 Å². The Bertz CT molecular complexity index is 751. The molecule has 0 bridgehead atoms. The zero-order chi connectivity index (χ0) is 15.1. The normalized spacial score (nSPS) is 14.8. The maximum atomic E-state index is 13.3. The third-order valence-corrected chi connectivity index (χ3v) is 5.31. The number of carbonyl (C=O) groups excluding carboxylic acids is 1. The number of benzene rings is 2. The van der Waals surface area contributed by atoms with Gasteiger partial charge in [0.2, 0.25) is 5.91 Å². The molecule has 6 heteroatoms. The minimum absolute atomic E-state index is 0.0335. The van der Waals surface area contributed by atoms with E-state index >= 15 is 0 Å². The van der Waals surface area contributed by atoms with Crippen LogP contribution in [0.5, 0.6) is 0 Å². The number of hydrogen-bond donors (Lipinski definition) is 1. The molecule has 0 spiro atoms. The van der Waals surface area contributed by atoms with Crippen molar-refractivity contribution in [1.29, 1.82) is 0 Å². The predicted octanol–water partition coefficient (Wildman–Crippen LogP) is 5.22. The van der Waals surface area contributed by atoms with Gasteiger partial charge < -0.3 is 5.32 Å². The van der Waals surface area contributed by atoms with Crippen molar-refractivity contribution >= 4 is 55.1 Å². The average molecular weight is 434 g/mol. The van der Waals surface area contributed by atoms with Crippen molar-refractivity contribution in [1.82, 2.24) is 0 Å². The predicted molar refractivity (Wildman–Crippen MR) is 88.7 cm³/mol. The van der Waals surface area contributed by atoms with Crippen molar-refractivity contribution < 1.29 is 9.18 Å². The zero-order valence-electron chi connectivity index (χ0n) is 10.6. The fraction of sp³-hybridized carbons (Fsp3) is 0.133. The lowest BCUT2D eigenvalue weighted by molar-refractivity contribution is -0.115.